The van der Waals surface area contributed by atoms with Gasteiger partial charge >= 0.3 is 6.09 Å². The molecule has 0 saturated heterocycles. The second kappa shape index (κ2) is 6.55. The zero-order chi connectivity index (χ0) is 13.5. The number of carbonyl (C=O) groups is 1. The van der Waals surface area contributed by atoms with Crippen LogP contribution in [0, 0.1) is 10.1 Å². The molecule has 0 spiro atoms. The van der Waals surface area contributed by atoms with E-state index in [1.54, 1.807) is 6.92 Å². The van der Waals surface area contributed by atoms with Crippen molar-refractivity contribution in [3.05, 3.63) is 38.9 Å². The van der Waals surface area contributed by atoms with E-state index >= 15 is 0 Å². The maximum Gasteiger partial charge on any atom is 0.427 e. The average molecular weight is 272 g/mol. The number of hydrazone groups is 1. The number of carbonyl (C=O) groups excluding carboxylic acids is 1. The number of nitrogens with one attached hydrogen (secondary N) is 1. The van der Waals surface area contributed by atoms with E-state index in [2.05, 4.69) is 15.3 Å². The molecular weight excluding hydrogens is 262 g/mol. The van der Waals surface area contributed by atoms with Crippen molar-refractivity contribution in [3.8, 4) is 0 Å². The van der Waals surface area contributed by atoms with Crippen LogP contribution >= 0.6 is 11.6 Å². The molecule has 0 heterocycles. The molecule has 0 aliphatic heterocycles. The Morgan fingerprint density at radius 1 is 1.67 bits per heavy atom. The van der Waals surface area contributed by atoms with Crippen molar-refractivity contribution >= 4 is 29.6 Å². The first-order valence-electron chi connectivity index (χ1n) is 4.94. The SMILES string of the molecule is CCOC(=O)N/N=C/c1cc([N+](=O)[O-])ccc1Cl. The fraction of sp³-hybridized carbons (Fsp3) is 0.200. The Hall–Kier alpha value is -2.15. The second-order valence-corrected chi connectivity index (χ2v) is 3.46. The topological polar surface area (TPSA) is 93.8 Å². The number of non-ortho nitro benzene ring substituents is 1. The molecule has 1 N–H and O–H groups in total. The molecule has 0 saturated carbocycles. The lowest BCUT2D eigenvalue weighted by Gasteiger charge is -2.00. The minimum absolute atomic E-state index is 0.114. The fourth-order valence-corrected chi connectivity index (χ4v) is 1.23. The van der Waals surface area contributed by atoms with Crippen LogP contribution in [0.2, 0.25) is 5.02 Å². The lowest BCUT2D eigenvalue weighted by molar-refractivity contribution is -0.384. The van der Waals surface area contributed by atoms with Crippen molar-refractivity contribution in [2.45, 2.75) is 6.92 Å². The minimum Gasteiger partial charge on any atom is -0.449 e. The number of hydrogen-bond acceptors (Lipinski definition) is 5. The first-order valence-corrected chi connectivity index (χ1v) is 5.32. The van der Waals surface area contributed by atoms with Crippen LogP contribution in [0.25, 0.3) is 0 Å². The lowest BCUT2D eigenvalue weighted by atomic mass is 10.2. The Kier molecular flexibility index (Phi) is 5.06. The molecule has 0 unspecified atom stereocenters. The molecule has 1 rings (SSSR count). The van der Waals surface area contributed by atoms with Gasteiger partial charge in [0.05, 0.1) is 17.7 Å². The highest BCUT2D eigenvalue weighted by Gasteiger charge is 2.08. The number of amides is 1. The van der Waals surface area contributed by atoms with Crippen LogP contribution in [-0.2, 0) is 4.74 Å². The van der Waals surface area contributed by atoms with Gasteiger partial charge in [0.25, 0.3) is 5.69 Å². The largest absolute Gasteiger partial charge is 0.449 e. The standard InChI is InChI=1S/C10H10ClN3O4/c1-2-18-10(15)13-12-6-7-5-8(14(16)17)3-4-9(7)11/h3-6H,2H2,1H3,(H,13,15)/b12-6+. The second-order valence-electron chi connectivity index (χ2n) is 3.05. The first kappa shape index (κ1) is 13.9. The third kappa shape index (κ3) is 4.02. The van der Waals surface area contributed by atoms with E-state index in [0.29, 0.717) is 5.56 Å². The molecule has 8 heteroatoms. The minimum atomic E-state index is -0.713. The van der Waals surface area contributed by atoms with Crippen molar-refractivity contribution in [2.24, 2.45) is 5.10 Å². The zero-order valence-corrected chi connectivity index (χ0v) is 10.2. The number of benzene rings is 1. The van der Waals surface area contributed by atoms with Crippen LogP contribution in [0.15, 0.2) is 23.3 Å². The Bertz CT molecular complexity index is 490. The van der Waals surface area contributed by atoms with Gasteiger partial charge < -0.3 is 4.74 Å². The molecule has 7 nitrogen and oxygen atoms in total. The van der Waals surface area contributed by atoms with E-state index in [0.717, 1.165) is 0 Å². The van der Waals surface area contributed by atoms with Crippen molar-refractivity contribution in [2.75, 3.05) is 6.61 Å². The van der Waals surface area contributed by atoms with E-state index in [9.17, 15) is 14.9 Å². The summed E-state index contributed by atoms with van der Waals surface area (Å²) in [6.07, 6.45) is 0.488. The Morgan fingerprint density at radius 3 is 3.00 bits per heavy atom. The molecule has 1 aromatic carbocycles. The molecule has 0 bridgehead atoms. The summed E-state index contributed by atoms with van der Waals surface area (Å²) in [5.74, 6) is 0. The molecule has 0 radical (unpaired) electrons. The number of nitrogens with zero attached hydrogens (tertiary/aromatic N) is 2. The predicted octanol–water partition coefficient (Wildman–Crippen LogP) is 2.33. The van der Waals surface area contributed by atoms with Gasteiger partial charge in [0, 0.05) is 22.7 Å². The molecule has 0 atom stereocenters. The van der Waals surface area contributed by atoms with Crippen LogP contribution in [0.3, 0.4) is 0 Å². The predicted molar refractivity (Wildman–Crippen MR) is 65.9 cm³/mol. The van der Waals surface area contributed by atoms with Gasteiger partial charge in [-0.1, -0.05) is 11.6 Å². The van der Waals surface area contributed by atoms with Gasteiger partial charge in [-0.3, -0.25) is 10.1 Å². The van der Waals surface area contributed by atoms with E-state index in [4.69, 9.17) is 11.6 Å². The van der Waals surface area contributed by atoms with Crippen molar-refractivity contribution < 1.29 is 14.5 Å². The fourth-order valence-electron chi connectivity index (χ4n) is 1.06. The third-order valence-electron chi connectivity index (χ3n) is 1.83. The zero-order valence-electron chi connectivity index (χ0n) is 9.42. The van der Waals surface area contributed by atoms with E-state index < -0.39 is 11.0 Å². The van der Waals surface area contributed by atoms with Crippen LogP contribution in [0.1, 0.15) is 12.5 Å². The molecule has 0 aliphatic carbocycles. The van der Waals surface area contributed by atoms with Gasteiger partial charge in [-0.2, -0.15) is 5.10 Å². The maximum atomic E-state index is 10.9. The van der Waals surface area contributed by atoms with E-state index in [1.807, 2.05) is 0 Å². The van der Waals surface area contributed by atoms with Gasteiger partial charge in [0.2, 0.25) is 0 Å². The van der Waals surface area contributed by atoms with Crippen LogP contribution in [-0.4, -0.2) is 23.8 Å². The summed E-state index contributed by atoms with van der Waals surface area (Å²) in [5, 5.41) is 14.4. The molecule has 1 amide bonds. The van der Waals surface area contributed by atoms with Crippen molar-refractivity contribution in [1.29, 1.82) is 0 Å². The quantitative estimate of drug-likeness (QED) is 0.516. The number of hydrogen-bond donors (Lipinski definition) is 1. The van der Waals surface area contributed by atoms with Crippen LogP contribution < -0.4 is 5.43 Å². The van der Waals surface area contributed by atoms with Gasteiger partial charge in [0.15, 0.2) is 0 Å². The molecule has 0 fully saturated rings. The summed E-state index contributed by atoms with van der Waals surface area (Å²) in [7, 11) is 0. The normalized spacial score (nSPS) is 10.3. The number of nitro groups is 1. The summed E-state index contributed by atoms with van der Waals surface area (Å²) in [4.78, 5) is 20.9. The number of rotatable bonds is 4. The number of ether oxygens (including phenoxy) is 1. The first-order chi connectivity index (χ1) is 8.54. The van der Waals surface area contributed by atoms with Crippen molar-refractivity contribution in [3.63, 3.8) is 0 Å². The van der Waals surface area contributed by atoms with Crippen molar-refractivity contribution in [1.82, 2.24) is 5.43 Å². The number of nitro benzene ring substituents is 1. The number of halogens is 1. The summed E-state index contributed by atoms with van der Waals surface area (Å²) >= 11 is 5.82. The highest BCUT2D eigenvalue weighted by atomic mass is 35.5. The third-order valence-corrected chi connectivity index (χ3v) is 2.17. The molecule has 0 aromatic heterocycles. The Balaban J connectivity index is 2.77. The monoisotopic (exact) mass is 271 g/mol. The summed E-state index contributed by atoms with van der Waals surface area (Å²) in [6, 6.07) is 3.91. The van der Waals surface area contributed by atoms with Gasteiger partial charge in [-0.25, -0.2) is 10.2 Å². The summed E-state index contributed by atoms with van der Waals surface area (Å²) in [5.41, 5.74) is 2.30. The molecule has 0 aliphatic rings. The van der Waals surface area contributed by atoms with E-state index in [1.165, 1.54) is 24.4 Å². The average Bonchev–Trinajstić information content (AvgIpc) is 2.31. The Labute approximate surface area is 108 Å². The maximum absolute atomic E-state index is 10.9. The lowest BCUT2D eigenvalue weighted by Crippen LogP contribution is -2.18. The summed E-state index contributed by atoms with van der Waals surface area (Å²) in [6.45, 7) is 1.87. The Morgan fingerprint density at radius 2 is 2.39 bits per heavy atom. The van der Waals surface area contributed by atoms with Crippen LogP contribution in [0.5, 0.6) is 0 Å². The highest BCUT2D eigenvalue weighted by molar-refractivity contribution is 6.33. The highest BCUT2D eigenvalue weighted by Crippen LogP contribution is 2.20. The molecule has 96 valence electrons. The van der Waals surface area contributed by atoms with Crippen LogP contribution in [0.4, 0.5) is 10.5 Å². The summed E-state index contributed by atoms with van der Waals surface area (Å²) < 4.78 is 4.57. The molecular formula is C10H10ClN3O4. The smallest absolute Gasteiger partial charge is 0.427 e. The van der Waals surface area contributed by atoms with E-state index in [-0.39, 0.29) is 17.3 Å². The van der Waals surface area contributed by atoms with Gasteiger partial charge in [0.1, 0.15) is 0 Å². The molecule has 1 aromatic rings. The van der Waals surface area contributed by atoms with Gasteiger partial charge in [-0.15, -0.1) is 0 Å². The molecule has 18 heavy (non-hydrogen) atoms. The van der Waals surface area contributed by atoms with Gasteiger partial charge in [-0.05, 0) is 13.0 Å².